The molecule has 2 aliphatic rings. The molecule has 1 amide bonds. The van der Waals surface area contributed by atoms with Crippen molar-refractivity contribution in [1.29, 1.82) is 0 Å². The van der Waals surface area contributed by atoms with Crippen LogP contribution < -0.4 is 9.62 Å². The quantitative estimate of drug-likeness (QED) is 0.768. The Morgan fingerprint density at radius 3 is 2.26 bits per heavy atom. The van der Waals surface area contributed by atoms with Crippen LogP contribution >= 0.6 is 0 Å². The fourth-order valence-electron chi connectivity index (χ4n) is 4.28. The van der Waals surface area contributed by atoms with Gasteiger partial charge in [-0.25, -0.2) is 8.42 Å². The van der Waals surface area contributed by atoms with Crippen molar-refractivity contribution in [2.45, 2.75) is 39.0 Å². The Hall–Kier alpha value is -2.42. The molecule has 2 unspecified atom stereocenters. The SMILES string of the molecule is CC1CN(Cc2ccc(C(=O)Nc3ccc(N4CCCS4(=O)=O)cc3)cc2)CC(C)O1. The molecule has 2 fully saturated rings. The van der Waals surface area contributed by atoms with Crippen LogP contribution in [-0.2, 0) is 21.3 Å². The highest BCUT2D eigenvalue weighted by Gasteiger charge is 2.28. The van der Waals surface area contributed by atoms with E-state index in [2.05, 4.69) is 24.1 Å². The second kappa shape index (κ2) is 8.98. The van der Waals surface area contributed by atoms with Crippen LogP contribution in [0.15, 0.2) is 48.5 Å². The van der Waals surface area contributed by atoms with Gasteiger partial charge in [-0.05, 0) is 62.2 Å². The minimum Gasteiger partial charge on any atom is -0.373 e. The first-order valence-corrected chi connectivity index (χ1v) is 12.3. The van der Waals surface area contributed by atoms with Crippen molar-refractivity contribution >= 4 is 27.3 Å². The first kappa shape index (κ1) is 21.8. The number of carbonyl (C=O) groups excluding carboxylic acids is 1. The molecule has 0 bridgehead atoms. The molecule has 2 heterocycles. The van der Waals surface area contributed by atoms with E-state index in [1.54, 1.807) is 24.3 Å². The summed E-state index contributed by atoms with van der Waals surface area (Å²) in [7, 11) is -3.20. The summed E-state index contributed by atoms with van der Waals surface area (Å²) in [6, 6.07) is 14.6. The molecule has 0 aliphatic carbocycles. The average Bonchev–Trinajstić information content (AvgIpc) is 3.07. The first-order valence-electron chi connectivity index (χ1n) is 10.7. The number of ether oxygens (including phenoxy) is 1. The third-order valence-corrected chi connectivity index (χ3v) is 7.50. The molecule has 0 radical (unpaired) electrons. The number of benzene rings is 2. The van der Waals surface area contributed by atoms with Crippen molar-refractivity contribution in [3.8, 4) is 0 Å². The number of hydrogen-bond acceptors (Lipinski definition) is 5. The molecule has 8 heteroatoms. The number of amides is 1. The molecule has 2 aliphatic heterocycles. The summed E-state index contributed by atoms with van der Waals surface area (Å²) in [6.07, 6.45) is 1.09. The summed E-state index contributed by atoms with van der Waals surface area (Å²) < 4.78 is 31.3. The van der Waals surface area contributed by atoms with Crippen molar-refractivity contribution in [3.05, 3.63) is 59.7 Å². The van der Waals surface area contributed by atoms with Gasteiger partial charge in [0.15, 0.2) is 0 Å². The van der Waals surface area contributed by atoms with Crippen molar-refractivity contribution in [1.82, 2.24) is 4.90 Å². The highest BCUT2D eigenvalue weighted by molar-refractivity contribution is 7.93. The maximum atomic E-state index is 12.6. The Morgan fingerprint density at radius 1 is 1.03 bits per heavy atom. The molecule has 2 atom stereocenters. The number of nitrogens with zero attached hydrogens (tertiary/aromatic N) is 2. The Morgan fingerprint density at radius 2 is 1.68 bits per heavy atom. The molecule has 2 saturated heterocycles. The van der Waals surface area contributed by atoms with Gasteiger partial charge in [0.25, 0.3) is 5.91 Å². The zero-order valence-electron chi connectivity index (χ0n) is 18.0. The van der Waals surface area contributed by atoms with Crippen LogP contribution in [0.3, 0.4) is 0 Å². The normalized spacial score (nSPS) is 23.6. The van der Waals surface area contributed by atoms with Crippen LogP contribution in [0.2, 0.25) is 0 Å². The molecule has 0 saturated carbocycles. The number of rotatable bonds is 5. The number of morpholine rings is 1. The van der Waals surface area contributed by atoms with E-state index in [4.69, 9.17) is 4.74 Å². The third-order valence-electron chi connectivity index (χ3n) is 5.63. The Bertz CT molecular complexity index is 1010. The van der Waals surface area contributed by atoms with Crippen LogP contribution in [0.5, 0.6) is 0 Å². The van der Waals surface area contributed by atoms with E-state index >= 15 is 0 Å². The molecule has 2 aromatic rings. The number of sulfonamides is 1. The molecule has 0 spiro atoms. The van der Waals surface area contributed by atoms with E-state index < -0.39 is 10.0 Å². The minimum absolute atomic E-state index is 0.186. The lowest BCUT2D eigenvalue weighted by atomic mass is 10.1. The van der Waals surface area contributed by atoms with Gasteiger partial charge in [-0.15, -0.1) is 0 Å². The van der Waals surface area contributed by atoms with Crippen LogP contribution in [0, 0.1) is 0 Å². The predicted molar refractivity (Wildman–Crippen MR) is 122 cm³/mol. The van der Waals surface area contributed by atoms with E-state index in [0.717, 1.165) is 25.2 Å². The van der Waals surface area contributed by atoms with Gasteiger partial charge in [0.2, 0.25) is 10.0 Å². The fourth-order valence-corrected chi connectivity index (χ4v) is 5.84. The summed E-state index contributed by atoms with van der Waals surface area (Å²) in [6.45, 7) is 7.32. The summed E-state index contributed by atoms with van der Waals surface area (Å²) in [5.41, 5.74) is 3.00. The minimum atomic E-state index is -3.20. The lowest BCUT2D eigenvalue weighted by Crippen LogP contribution is -2.44. The fraction of sp³-hybridized carbons (Fsp3) is 0.435. The van der Waals surface area contributed by atoms with E-state index in [9.17, 15) is 13.2 Å². The molecule has 7 nitrogen and oxygen atoms in total. The van der Waals surface area contributed by atoms with Crippen molar-refractivity contribution in [2.75, 3.05) is 35.0 Å². The topological polar surface area (TPSA) is 79.0 Å². The smallest absolute Gasteiger partial charge is 0.255 e. The summed E-state index contributed by atoms with van der Waals surface area (Å²) in [4.78, 5) is 15.0. The Labute approximate surface area is 184 Å². The number of nitrogens with one attached hydrogen (secondary N) is 1. The predicted octanol–water partition coefficient (Wildman–Crippen LogP) is 3.09. The van der Waals surface area contributed by atoms with Gasteiger partial charge in [-0.1, -0.05) is 12.1 Å². The van der Waals surface area contributed by atoms with Crippen molar-refractivity contribution in [2.24, 2.45) is 0 Å². The van der Waals surface area contributed by atoms with E-state index in [-0.39, 0.29) is 23.9 Å². The molecule has 2 aromatic carbocycles. The van der Waals surface area contributed by atoms with Crippen LogP contribution in [0.1, 0.15) is 36.2 Å². The molecular formula is C23H29N3O4S. The van der Waals surface area contributed by atoms with Gasteiger partial charge in [-0.2, -0.15) is 0 Å². The van der Waals surface area contributed by atoms with Crippen LogP contribution in [-0.4, -0.2) is 56.8 Å². The van der Waals surface area contributed by atoms with E-state index in [1.807, 2.05) is 24.3 Å². The molecule has 4 rings (SSSR count). The van der Waals surface area contributed by atoms with E-state index in [1.165, 1.54) is 4.31 Å². The summed E-state index contributed by atoms with van der Waals surface area (Å²) in [5.74, 6) is -0.00727. The van der Waals surface area contributed by atoms with Crippen LogP contribution in [0.4, 0.5) is 11.4 Å². The molecule has 31 heavy (non-hydrogen) atoms. The van der Waals surface area contributed by atoms with Gasteiger partial charge < -0.3 is 10.1 Å². The zero-order chi connectivity index (χ0) is 22.0. The lowest BCUT2D eigenvalue weighted by Gasteiger charge is -2.35. The second-order valence-corrected chi connectivity index (χ2v) is 10.4. The van der Waals surface area contributed by atoms with Gasteiger partial charge in [0, 0.05) is 37.4 Å². The Kier molecular flexibility index (Phi) is 6.31. The van der Waals surface area contributed by atoms with Crippen molar-refractivity contribution in [3.63, 3.8) is 0 Å². The summed E-state index contributed by atoms with van der Waals surface area (Å²) in [5, 5.41) is 2.88. The van der Waals surface area contributed by atoms with Gasteiger partial charge in [0.05, 0.1) is 23.6 Å². The second-order valence-electron chi connectivity index (χ2n) is 8.39. The van der Waals surface area contributed by atoms with Crippen molar-refractivity contribution < 1.29 is 17.9 Å². The molecular weight excluding hydrogens is 414 g/mol. The standard InChI is InChI=1S/C23H29N3O4S/c1-17-14-25(15-18(2)30-17)16-19-4-6-20(7-5-19)23(27)24-21-8-10-22(11-9-21)26-12-3-13-31(26,28)29/h4-11,17-18H,3,12-16H2,1-2H3,(H,24,27). The highest BCUT2D eigenvalue weighted by atomic mass is 32.2. The monoisotopic (exact) mass is 443 g/mol. The van der Waals surface area contributed by atoms with Crippen LogP contribution in [0.25, 0.3) is 0 Å². The maximum absolute atomic E-state index is 12.6. The molecule has 1 N–H and O–H groups in total. The third kappa shape index (κ3) is 5.26. The first-order chi connectivity index (χ1) is 14.8. The maximum Gasteiger partial charge on any atom is 0.255 e. The van der Waals surface area contributed by atoms with Gasteiger partial charge in [-0.3, -0.25) is 14.0 Å². The highest BCUT2D eigenvalue weighted by Crippen LogP contribution is 2.25. The molecule has 0 aromatic heterocycles. The van der Waals surface area contributed by atoms with Gasteiger partial charge in [0.1, 0.15) is 0 Å². The van der Waals surface area contributed by atoms with Gasteiger partial charge >= 0.3 is 0 Å². The number of hydrogen-bond donors (Lipinski definition) is 1. The Balaban J connectivity index is 1.35. The largest absolute Gasteiger partial charge is 0.373 e. The lowest BCUT2D eigenvalue weighted by molar-refractivity contribution is -0.0704. The average molecular weight is 444 g/mol. The molecule has 166 valence electrons. The number of carbonyl (C=O) groups is 1. The zero-order valence-corrected chi connectivity index (χ0v) is 18.8. The summed E-state index contributed by atoms with van der Waals surface area (Å²) >= 11 is 0. The number of anilines is 2. The van der Waals surface area contributed by atoms with E-state index in [0.29, 0.717) is 29.9 Å².